The van der Waals surface area contributed by atoms with E-state index in [0.29, 0.717) is 23.5 Å². The molecule has 188 valence electrons. The molecule has 2 N–H and O–H groups in total. The van der Waals surface area contributed by atoms with Crippen molar-refractivity contribution < 1.29 is 13.9 Å². The van der Waals surface area contributed by atoms with E-state index in [4.69, 9.17) is 14.7 Å². The maximum Gasteiger partial charge on any atom is 0.138 e. The van der Waals surface area contributed by atoms with Crippen LogP contribution in [0, 0.1) is 23.1 Å². The van der Waals surface area contributed by atoms with Gasteiger partial charge in [-0.25, -0.2) is 4.39 Å². The van der Waals surface area contributed by atoms with E-state index >= 15 is 0 Å². The lowest BCUT2D eigenvalue weighted by molar-refractivity contribution is 0.111. The molecule has 1 aliphatic rings. The highest BCUT2D eigenvalue weighted by Gasteiger charge is 2.39. The smallest absolute Gasteiger partial charge is 0.138 e. The Bertz CT molecular complexity index is 1050. The molecule has 1 heterocycles. The van der Waals surface area contributed by atoms with Gasteiger partial charge in [0.25, 0.3) is 0 Å². The van der Waals surface area contributed by atoms with E-state index < -0.39 is 11.4 Å². The molecule has 2 aromatic carbocycles. The molecule has 2 atom stereocenters. The van der Waals surface area contributed by atoms with Crippen molar-refractivity contribution in [3.8, 4) is 11.8 Å². The molecular formula is C29H38FN3O2. The zero-order valence-corrected chi connectivity index (χ0v) is 21.3. The number of fused-ring (bicyclic) bond motifs is 1. The van der Waals surface area contributed by atoms with E-state index in [1.807, 2.05) is 32.0 Å². The molecule has 0 bridgehead atoms. The third kappa shape index (κ3) is 7.14. The summed E-state index contributed by atoms with van der Waals surface area (Å²) in [6, 6.07) is 12.6. The number of rotatable bonds is 14. The molecule has 0 amide bonds. The van der Waals surface area contributed by atoms with Gasteiger partial charge in [-0.05, 0) is 62.9 Å². The molecule has 3 rings (SSSR count). The van der Waals surface area contributed by atoms with Gasteiger partial charge >= 0.3 is 0 Å². The molecule has 2 unspecified atom stereocenters. The molecule has 35 heavy (non-hydrogen) atoms. The van der Waals surface area contributed by atoms with Gasteiger partial charge in [-0.2, -0.15) is 5.26 Å². The fourth-order valence-electron chi connectivity index (χ4n) is 4.48. The molecule has 0 aliphatic carbocycles. The van der Waals surface area contributed by atoms with E-state index in [1.54, 1.807) is 12.1 Å². The predicted molar refractivity (Wildman–Crippen MR) is 138 cm³/mol. The first-order chi connectivity index (χ1) is 16.9. The standard InChI is InChI=1S/C29H38FN3O2/c1-5-34-16-12-21(2)22(3)20-33-15-14-32-13-11-24-7-6-8-28-25(24)18-29(4,35-28)26-10-9-23(19-31)17-27(26)30/h6-10,17,21,32-33H,3,5,11-16,18,20H2,1-2,4H3. The van der Waals surface area contributed by atoms with Crippen molar-refractivity contribution in [2.75, 3.05) is 39.4 Å². The van der Waals surface area contributed by atoms with Crippen LogP contribution < -0.4 is 15.4 Å². The van der Waals surface area contributed by atoms with E-state index in [2.05, 4.69) is 30.2 Å². The van der Waals surface area contributed by atoms with Crippen LogP contribution in [0.4, 0.5) is 4.39 Å². The lowest BCUT2D eigenvalue weighted by Crippen LogP contribution is -2.30. The summed E-state index contributed by atoms with van der Waals surface area (Å²) in [6.45, 7) is 15.3. The number of nitrogens with zero attached hydrogens (tertiary/aromatic N) is 1. The Morgan fingerprint density at radius 2 is 2.06 bits per heavy atom. The van der Waals surface area contributed by atoms with Crippen LogP contribution in [-0.4, -0.2) is 39.4 Å². The number of nitrogens with one attached hydrogen (secondary N) is 2. The van der Waals surface area contributed by atoms with Crippen molar-refractivity contribution >= 4 is 0 Å². The van der Waals surface area contributed by atoms with Crippen LogP contribution >= 0.6 is 0 Å². The van der Waals surface area contributed by atoms with Crippen LogP contribution in [0.1, 0.15) is 49.4 Å². The highest BCUT2D eigenvalue weighted by molar-refractivity contribution is 5.48. The summed E-state index contributed by atoms with van der Waals surface area (Å²) in [5.41, 5.74) is 3.58. The predicted octanol–water partition coefficient (Wildman–Crippen LogP) is 4.89. The molecular weight excluding hydrogens is 441 g/mol. The Morgan fingerprint density at radius 1 is 1.26 bits per heavy atom. The van der Waals surface area contributed by atoms with Crippen molar-refractivity contribution in [2.24, 2.45) is 5.92 Å². The molecule has 0 spiro atoms. The lowest BCUT2D eigenvalue weighted by atomic mass is 9.88. The first-order valence-corrected chi connectivity index (χ1v) is 12.5. The maximum absolute atomic E-state index is 14.7. The summed E-state index contributed by atoms with van der Waals surface area (Å²) >= 11 is 0. The highest BCUT2D eigenvalue weighted by atomic mass is 19.1. The van der Waals surface area contributed by atoms with Crippen LogP contribution in [0.5, 0.6) is 5.75 Å². The number of halogens is 1. The first-order valence-electron chi connectivity index (χ1n) is 12.5. The van der Waals surface area contributed by atoms with Crippen molar-refractivity contribution in [2.45, 2.75) is 45.6 Å². The first kappa shape index (κ1) is 26.9. The van der Waals surface area contributed by atoms with E-state index in [0.717, 1.165) is 63.5 Å². The molecule has 0 saturated carbocycles. The van der Waals surface area contributed by atoms with Gasteiger partial charge in [0.1, 0.15) is 17.2 Å². The molecule has 5 nitrogen and oxygen atoms in total. The summed E-state index contributed by atoms with van der Waals surface area (Å²) in [7, 11) is 0. The van der Waals surface area contributed by atoms with Gasteiger partial charge in [0.2, 0.25) is 0 Å². The van der Waals surface area contributed by atoms with Crippen LogP contribution in [0.25, 0.3) is 0 Å². The molecule has 6 heteroatoms. The lowest BCUT2D eigenvalue weighted by Gasteiger charge is -2.25. The minimum Gasteiger partial charge on any atom is -0.482 e. The van der Waals surface area contributed by atoms with Crippen molar-refractivity contribution in [3.05, 3.63) is 76.6 Å². The topological polar surface area (TPSA) is 66.3 Å². The normalized spacial score (nSPS) is 17.5. The van der Waals surface area contributed by atoms with Crippen LogP contribution in [0.2, 0.25) is 0 Å². The Morgan fingerprint density at radius 3 is 2.80 bits per heavy atom. The SMILES string of the molecule is C=C(CNCCNCCc1cccc2c1CC(C)(c1ccc(C#N)cc1F)O2)C(C)CCOCC. The van der Waals surface area contributed by atoms with Crippen LogP contribution in [-0.2, 0) is 23.2 Å². The fraction of sp³-hybridized carbons (Fsp3) is 0.483. The molecule has 0 saturated heterocycles. The monoisotopic (exact) mass is 479 g/mol. The van der Waals surface area contributed by atoms with E-state index in [9.17, 15) is 4.39 Å². The average Bonchev–Trinajstić information content (AvgIpc) is 3.20. The zero-order chi connectivity index (χ0) is 25.3. The minimum atomic E-state index is -0.782. The Kier molecular flexibility index (Phi) is 9.85. The van der Waals surface area contributed by atoms with Crippen molar-refractivity contribution in [1.29, 1.82) is 5.26 Å². The largest absolute Gasteiger partial charge is 0.482 e. The number of hydrogen-bond acceptors (Lipinski definition) is 5. The fourth-order valence-corrected chi connectivity index (χ4v) is 4.48. The molecule has 0 fully saturated rings. The Labute approximate surface area is 209 Å². The number of nitriles is 1. The van der Waals surface area contributed by atoms with E-state index in [1.165, 1.54) is 17.2 Å². The molecule has 0 radical (unpaired) electrons. The third-order valence-corrected chi connectivity index (χ3v) is 6.75. The number of hydrogen-bond donors (Lipinski definition) is 2. The number of benzene rings is 2. The Hall–Kier alpha value is -2.72. The van der Waals surface area contributed by atoms with Crippen LogP contribution in [0.15, 0.2) is 48.6 Å². The minimum absolute atomic E-state index is 0.312. The van der Waals surface area contributed by atoms with Gasteiger partial charge in [0.05, 0.1) is 11.6 Å². The van der Waals surface area contributed by atoms with Gasteiger partial charge in [-0.1, -0.05) is 37.3 Å². The zero-order valence-electron chi connectivity index (χ0n) is 21.3. The van der Waals surface area contributed by atoms with Crippen molar-refractivity contribution in [1.82, 2.24) is 10.6 Å². The number of ether oxygens (including phenoxy) is 2. The summed E-state index contributed by atoms with van der Waals surface area (Å²) in [5, 5.41) is 16.0. The van der Waals surface area contributed by atoms with Gasteiger partial charge in [0, 0.05) is 50.4 Å². The molecule has 1 aliphatic heterocycles. The van der Waals surface area contributed by atoms with Gasteiger partial charge in [0.15, 0.2) is 0 Å². The summed E-state index contributed by atoms with van der Waals surface area (Å²) in [6.07, 6.45) is 2.49. The Balaban J connectivity index is 1.44. The summed E-state index contributed by atoms with van der Waals surface area (Å²) < 4.78 is 26.4. The second-order valence-electron chi connectivity index (χ2n) is 9.43. The summed E-state index contributed by atoms with van der Waals surface area (Å²) in [4.78, 5) is 0. The highest BCUT2D eigenvalue weighted by Crippen LogP contribution is 2.43. The third-order valence-electron chi connectivity index (χ3n) is 6.75. The van der Waals surface area contributed by atoms with Gasteiger partial charge in [-0.3, -0.25) is 0 Å². The summed E-state index contributed by atoms with van der Waals surface area (Å²) in [5.74, 6) is 0.863. The van der Waals surface area contributed by atoms with Gasteiger partial charge in [-0.15, -0.1) is 0 Å². The second-order valence-corrected chi connectivity index (χ2v) is 9.43. The van der Waals surface area contributed by atoms with Gasteiger partial charge < -0.3 is 20.1 Å². The maximum atomic E-state index is 14.7. The molecule has 0 aromatic heterocycles. The van der Waals surface area contributed by atoms with Crippen LogP contribution in [0.3, 0.4) is 0 Å². The second kappa shape index (κ2) is 12.8. The van der Waals surface area contributed by atoms with E-state index in [-0.39, 0.29) is 0 Å². The van der Waals surface area contributed by atoms with Crippen molar-refractivity contribution in [3.63, 3.8) is 0 Å². The average molecular weight is 480 g/mol. The quantitative estimate of drug-likeness (QED) is 0.298. The molecule has 2 aromatic rings.